The van der Waals surface area contributed by atoms with Crippen LogP contribution in [0.3, 0.4) is 0 Å². The summed E-state index contributed by atoms with van der Waals surface area (Å²) in [5, 5.41) is 13.9. The Kier molecular flexibility index (Phi) is 20.5. The molecule has 1 aromatic rings. The van der Waals surface area contributed by atoms with Crippen molar-refractivity contribution in [1.29, 1.82) is 0 Å². The van der Waals surface area contributed by atoms with Crippen LogP contribution in [-0.2, 0) is 26.1 Å². The van der Waals surface area contributed by atoms with Gasteiger partial charge in [-0.05, 0) is 18.4 Å². The van der Waals surface area contributed by atoms with Gasteiger partial charge in [-0.25, -0.2) is 0 Å². The Morgan fingerprint density at radius 3 is 1.68 bits per heavy atom. The van der Waals surface area contributed by atoms with Crippen LogP contribution >= 0.6 is 0 Å². The van der Waals surface area contributed by atoms with Gasteiger partial charge in [-0.3, -0.25) is 14.1 Å². The SMILES string of the molecule is CCCCCCCCCCCCc1ccccc1.O=C(O)CC(C(=O)O)S(=O)(=O)O.[H-].[Na+]. The molecule has 0 spiro atoms. The van der Waals surface area contributed by atoms with Crippen molar-refractivity contribution in [1.82, 2.24) is 0 Å². The molecule has 0 saturated carbocycles. The number of carboxylic acid groups (broad SMARTS) is 2. The third-order valence-corrected chi connectivity index (χ3v) is 5.74. The first-order valence-electron chi connectivity index (χ1n) is 10.6. The minimum absolute atomic E-state index is 0. The van der Waals surface area contributed by atoms with Gasteiger partial charge in [0.2, 0.25) is 0 Å². The molecule has 174 valence electrons. The minimum atomic E-state index is -4.84. The molecule has 0 aliphatic carbocycles. The van der Waals surface area contributed by atoms with Crippen molar-refractivity contribution < 1.29 is 63.8 Å². The molecule has 0 radical (unpaired) electrons. The fourth-order valence-electron chi connectivity index (χ4n) is 2.94. The van der Waals surface area contributed by atoms with Gasteiger partial charge in [0.15, 0.2) is 5.25 Å². The molecule has 0 aliphatic heterocycles. The molecule has 0 aliphatic rings. The standard InChI is InChI=1S/C18H30.C4H6O7S.Na.H/c1-2-3-4-5-6-7-8-9-10-12-15-18-16-13-11-14-17-18;5-3(6)1-2(4(7)8)12(9,10)11;;/h11,13-14,16-17H,2-10,12,15H2,1H3;2H,1H2,(H,5,6)(H,7,8)(H,9,10,11);;/q;;+1;-1. The predicted molar refractivity (Wildman–Crippen MR) is 118 cm³/mol. The maximum Gasteiger partial charge on any atom is 1.00 e. The zero-order chi connectivity index (χ0) is 22.8. The molecule has 1 aromatic carbocycles. The summed E-state index contributed by atoms with van der Waals surface area (Å²) in [5.74, 6) is -3.50. The summed E-state index contributed by atoms with van der Waals surface area (Å²) in [6, 6.07) is 10.9. The van der Waals surface area contributed by atoms with Crippen molar-refractivity contribution in [3.63, 3.8) is 0 Å². The van der Waals surface area contributed by atoms with Crippen LogP contribution in [0.1, 0.15) is 84.5 Å². The molecular formula is C22H37NaO7S. The molecule has 0 saturated heterocycles. The smallest absolute Gasteiger partial charge is 1.00 e. The Bertz CT molecular complexity index is 699. The van der Waals surface area contributed by atoms with E-state index in [1.807, 2.05) is 0 Å². The largest absolute Gasteiger partial charge is 1.00 e. The molecule has 0 heterocycles. The number of hydrogen-bond donors (Lipinski definition) is 3. The van der Waals surface area contributed by atoms with Crippen LogP contribution in [0, 0.1) is 0 Å². The van der Waals surface area contributed by atoms with Gasteiger partial charge in [0.25, 0.3) is 10.1 Å². The first kappa shape index (κ1) is 32.3. The number of aliphatic carboxylic acids is 2. The number of benzene rings is 1. The average molecular weight is 469 g/mol. The van der Waals surface area contributed by atoms with E-state index < -0.39 is 33.7 Å². The molecule has 9 heteroatoms. The number of carboxylic acids is 2. The summed E-state index contributed by atoms with van der Waals surface area (Å²) in [5.41, 5.74) is 1.50. The van der Waals surface area contributed by atoms with E-state index in [1.165, 1.54) is 76.2 Å². The molecule has 3 N–H and O–H groups in total. The van der Waals surface area contributed by atoms with E-state index in [1.54, 1.807) is 0 Å². The van der Waals surface area contributed by atoms with Gasteiger partial charge in [0.1, 0.15) is 0 Å². The van der Waals surface area contributed by atoms with Crippen molar-refractivity contribution >= 4 is 22.1 Å². The van der Waals surface area contributed by atoms with Crippen LogP contribution in [0.4, 0.5) is 0 Å². The van der Waals surface area contributed by atoms with E-state index in [9.17, 15) is 18.0 Å². The Morgan fingerprint density at radius 2 is 1.32 bits per heavy atom. The zero-order valence-corrected chi connectivity index (χ0v) is 21.6. The van der Waals surface area contributed by atoms with Crippen molar-refractivity contribution in [2.45, 2.75) is 89.2 Å². The molecule has 0 fully saturated rings. The Balaban J connectivity index is -0.000000532. The first-order chi connectivity index (χ1) is 14.2. The first-order valence-corrected chi connectivity index (χ1v) is 12.1. The van der Waals surface area contributed by atoms with Gasteiger partial charge < -0.3 is 11.6 Å². The van der Waals surface area contributed by atoms with Crippen LogP contribution in [0.15, 0.2) is 30.3 Å². The second kappa shape index (κ2) is 19.7. The summed E-state index contributed by atoms with van der Waals surface area (Å²) < 4.78 is 28.7. The van der Waals surface area contributed by atoms with Gasteiger partial charge in [-0.1, -0.05) is 95.0 Å². The predicted octanol–water partition coefficient (Wildman–Crippen LogP) is 2.07. The van der Waals surface area contributed by atoms with E-state index in [2.05, 4.69) is 37.3 Å². The molecular weight excluding hydrogens is 431 g/mol. The number of unbranched alkanes of at least 4 members (excludes halogenated alkanes) is 9. The molecule has 7 nitrogen and oxygen atoms in total. The average Bonchev–Trinajstić information content (AvgIpc) is 2.68. The van der Waals surface area contributed by atoms with Gasteiger partial charge >= 0.3 is 41.5 Å². The fraction of sp³-hybridized carbons (Fsp3) is 0.636. The summed E-state index contributed by atoms with van der Waals surface area (Å²) in [6.45, 7) is 2.28. The van der Waals surface area contributed by atoms with Crippen LogP contribution in [0.2, 0.25) is 0 Å². The summed E-state index contributed by atoms with van der Waals surface area (Å²) in [6.07, 6.45) is 14.4. The molecule has 1 unspecified atom stereocenters. The van der Waals surface area contributed by atoms with Crippen LogP contribution in [0.5, 0.6) is 0 Å². The monoisotopic (exact) mass is 468 g/mol. The minimum Gasteiger partial charge on any atom is -1.00 e. The quantitative estimate of drug-likeness (QED) is 0.204. The van der Waals surface area contributed by atoms with Crippen molar-refractivity contribution in [3.8, 4) is 0 Å². The van der Waals surface area contributed by atoms with E-state index >= 15 is 0 Å². The van der Waals surface area contributed by atoms with Crippen molar-refractivity contribution in [3.05, 3.63) is 35.9 Å². The molecule has 0 bridgehead atoms. The number of rotatable bonds is 15. The van der Waals surface area contributed by atoms with E-state index in [0.29, 0.717) is 0 Å². The Labute approximate surface area is 210 Å². The second-order valence-electron chi connectivity index (χ2n) is 7.36. The molecule has 1 atom stereocenters. The maximum atomic E-state index is 10.2. The topological polar surface area (TPSA) is 129 Å². The third-order valence-electron chi connectivity index (χ3n) is 4.66. The zero-order valence-electron chi connectivity index (χ0n) is 19.8. The molecule has 31 heavy (non-hydrogen) atoms. The fourth-order valence-corrected chi connectivity index (χ4v) is 3.55. The van der Waals surface area contributed by atoms with E-state index in [-0.39, 0.29) is 31.0 Å². The Hall–Kier alpha value is -0.930. The van der Waals surface area contributed by atoms with E-state index in [4.69, 9.17) is 14.8 Å². The summed E-state index contributed by atoms with van der Waals surface area (Å²) in [4.78, 5) is 20.0. The molecule has 0 aromatic heterocycles. The van der Waals surface area contributed by atoms with Gasteiger partial charge in [-0.2, -0.15) is 8.42 Å². The van der Waals surface area contributed by atoms with Crippen molar-refractivity contribution in [2.24, 2.45) is 0 Å². The molecule has 0 amide bonds. The van der Waals surface area contributed by atoms with E-state index in [0.717, 1.165) is 0 Å². The summed E-state index contributed by atoms with van der Waals surface area (Å²) >= 11 is 0. The molecule has 1 rings (SSSR count). The maximum absolute atomic E-state index is 10.2. The Morgan fingerprint density at radius 1 is 0.871 bits per heavy atom. The third kappa shape index (κ3) is 19.5. The van der Waals surface area contributed by atoms with Crippen LogP contribution < -0.4 is 29.6 Å². The normalized spacial score (nSPS) is 11.5. The number of hydrogen-bond acceptors (Lipinski definition) is 4. The van der Waals surface area contributed by atoms with Gasteiger partial charge in [-0.15, -0.1) is 0 Å². The van der Waals surface area contributed by atoms with Gasteiger partial charge in [0.05, 0.1) is 6.42 Å². The second-order valence-corrected chi connectivity index (χ2v) is 8.96. The van der Waals surface area contributed by atoms with Crippen LogP contribution in [-0.4, -0.2) is 40.4 Å². The van der Waals surface area contributed by atoms with Crippen LogP contribution in [0.25, 0.3) is 0 Å². The number of aryl methyl sites for hydroxylation is 1. The van der Waals surface area contributed by atoms with Gasteiger partial charge in [0, 0.05) is 0 Å². The number of carbonyl (C=O) groups is 2. The van der Waals surface area contributed by atoms with Crippen molar-refractivity contribution in [2.75, 3.05) is 0 Å². The summed E-state index contributed by atoms with van der Waals surface area (Å²) in [7, 11) is -4.84.